The molecule has 0 aliphatic carbocycles. The van der Waals surface area contributed by atoms with Gasteiger partial charge in [0.25, 0.3) is 0 Å². The van der Waals surface area contributed by atoms with Crippen molar-refractivity contribution in [3.8, 4) is 0 Å². The molecule has 0 fully saturated rings. The zero-order chi connectivity index (χ0) is 9.94. The Morgan fingerprint density at radius 2 is 1.62 bits per heavy atom. The third kappa shape index (κ3) is 8.29. The van der Waals surface area contributed by atoms with Crippen LogP contribution in [0.5, 0.6) is 0 Å². The molecule has 13 heavy (non-hydrogen) atoms. The van der Waals surface area contributed by atoms with Gasteiger partial charge in [-0.3, -0.25) is 0 Å². The molecule has 1 nitrogen and oxygen atoms in total. The van der Waals surface area contributed by atoms with Crippen LogP contribution in [-0.4, -0.2) is 24.5 Å². The first-order valence-corrected chi connectivity index (χ1v) is 5.89. The van der Waals surface area contributed by atoms with E-state index in [1.807, 2.05) is 0 Å². The van der Waals surface area contributed by atoms with Gasteiger partial charge in [0, 0.05) is 0 Å². The Labute approximate surface area is 84.5 Å². The summed E-state index contributed by atoms with van der Waals surface area (Å²) >= 11 is 0. The average Bonchev–Trinajstić information content (AvgIpc) is 2.17. The maximum Gasteiger partial charge on any atom is -0.00190 e. The summed E-state index contributed by atoms with van der Waals surface area (Å²) in [7, 11) is 0. The van der Waals surface area contributed by atoms with Crippen LogP contribution in [0.3, 0.4) is 0 Å². The Kier molecular flexibility index (Phi) is 10.0. The van der Waals surface area contributed by atoms with E-state index in [-0.39, 0.29) is 0 Å². The summed E-state index contributed by atoms with van der Waals surface area (Å²) in [5.74, 6) is 0. The van der Waals surface area contributed by atoms with Crippen molar-refractivity contribution >= 4 is 0 Å². The van der Waals surface area contributed by atoms with Gasteiger partial charge in [-0.25, -0.2) is 0 Å². The monoisotopic (exact) mass is 184 g/mol. The molecule has 0 atom stereocenters. The predicted molar refractivity (Wildman–Crippen MR) is 60.8 cm³/mol. The number of unbranched alkanes of at least 4 members (excludes halogenated alkanes) is 5. The Bertz CT molecular complexity index is 87.1. The minimum atomic E-state index is 1.21. The van der Waals surface area contributed by atoms with Crippen molar-refractivity contribution in [2.75, 3.05) is 19.6 Å². The lowest BCUT2D eigenvalue weighted by atomic mass is 10.1. The lowest BCUT2D eigenvalue weighted by Gasteiger charge is -2.17. The fourth-order valence-electron chi connectivity index (χ4n) is 1.54. The second kappa shape index (κ2) is 10.0. The first-order chi connectivity index (χ1) is 6.35. The molecule has 0 aliphatic heterocycles. The molecule has 0 unspecified atom stereocenters. The third-order valence-electron chi connectivity index (χ3n) is 2.57. The van der Waals surface area contributed by atoms with Crippen LogP contribution >= 0.6 is 0 Å². The Morgan fingerprint density at radius 1 is 0.923 bits per heavy atom. The molecule has 0 aromatic heterocycles. The highest BCUT2D eigenvalue weighted by atomic mass is 15.1. The molecule has 0 heterocycles. The lowest BCUT2D eigenvalue weighted by Crippen LogP contribution is -2.23. The molecule has 0 rings (SSSR count). The van der Waals surface area contributed by atoms with Gasteiger partial charge >= 0.3 is 0 Å². The number of hydrogen-bond acceptors (Lipinski definition) is 1. The highest BCUT2D eigenvalue weighted by Gasteiger charge is 1.97. The van der Waals surface area contributed by atoms with Gasteiger partial charge < -0.3 is 4.90 Å². The van der Waals surface area contributed by atoms with Crippen molar-refractivity contribution in [1.29, 1.82) is 0 Å². The van der Waals surface area contributed by atoms with Gasteiger partial charge in [0.1, 0.15) is 0 Å². The standard InChI is InChI=1S/C12H26N/c1-4-7-8-9-10-11-12-13(5-2)6-3/h7H,4-6,8-12H2,1-3H3. The fraction of sp³-hybridized carbons (Fsp3) is 0.917. The Morgan fingerprint density at radius 3 is 2.15 bits per heavy atom. The van der Waals surface area contributed by atoms with Gasteiger partial charge in [-0.05, 0) is 32.5 Å². The van der Waals surface area contributed by atoms with Gasteiger partial charge in [0.05, 0.1) is 0 Å². The first kappa shape index (κ1) is 13.0. The smallest absolute Gasteiger partial charge is 0.00190 e. The van der Waals surface area contributed by atoms with Crippen molar-refractivity contribution in [1.82, 2.24) is 4.90 Å². The first-order valence-electron chi connectivity index (χ1n) is 5.89. The van der Waals surface area contributed by atoms with Crippen molar-refractivity contribution in [2.24, 2.45) is 0 Å². The lowest BCUT2D eigenvalue weighted by molar-refractivity contribution is 0.296. The van der Waals surface area contributed by atoms with Crippen LogP contribution in [-0.2, 0) is 0 Å². The largest absolute Gasteiger partial charge is 0.304 e. The number of rotatable bonds is 9. The summed E-state index contributed by atoms with van der Waals surface area (Å²) in [6.45, 7) is 10.4. The highest BCUT2D eigenvalue weighted by Crippen LogP contribution is 2.04. The summed E-state index contributed by atoms with van der Waals surface area (Å²) in [5, 5.41) is 0. The van der Waals surface area contributed by atoms with Gasteiger partial charge in [0.2, 0.25) is 0 Å². The van der Waals surface area contributed by atoms with Gasteiger partial charge in [0.15, 0.2) is 0 Å². The quantitative estimate of drug-likeness (QED) is 0.496. The van der Waals surface area contributed by atoms with Crippen molar-refractivity contribution in [2.45, 2.75) is 52.9 Å². The summed E-state index contributed by atoms with van der Waals surface area (Å²) in [6.07, 6.45) is 9.09. The molecular formula is C12H26N. The van der Waals surface area contributed by atoms with Crippen molar-refractivity contribution in [3.63, 3.8) is 0 Å². The molecule has 0 aliphatic rings. The molecule has 0 aromatic carbocycles. The van der Waals surface area contributed by atoms with E-state index in [1.165, 1.54) is 51.7 Å². The van der Waals surface area contributed by atoms with Gasteiger partial charge in [-0.15, -0.1) is 0 Å². The third-order valence-corrected chi connectivity index (χ3v) is 2.57. The highest BCUT2D eigenvalue weighted by molar-refractivity contribution is 4.61. The zero-order valence-electron chi connectivity index (χ0n) is 9.68. The average molecular weight is 184 g/mol. The minimum absolute atomic E-state index is 1.21. The molecule has 0 N–H and O–H groups in total. The van der Waals surface area contributed by atoms with E-state index in [1.54, 1.807) is 0 Å². The summed E-state index contributed by atoms with van der Waals surface area (Å²) < 4.78 is 0. The van der Waals surface area contributed by atoms with Crippen LogP contribution in [0.1, 0.15) is 52.9 Å². The molecule has 79 valence electrons. The Hall–Kier alpha value is -0.0400. The molecule has 0 saturated carbocycles. The molecule has 0 spiro atoms. The van der Waals surface area contributed by atoms with E-state index in [0.717, 1.165) is 0 Å². The molecular weight excluding hydrogens is 158 g/mol. The molecule has 1 heteroatoms. The maximum atomic E-state index is 2.50. The second-order valence-corrected chi connectivity index (χ2v) is 3.57. The predicted octanol–water partition coefficient (Wildman–Crippen LogP) is 3.50. The molecule has 0 saturated heterocycles. The van der Waals surface area contributed by atoms with E-state index in [0.29, 0.717) is 0 Å². The van der Waals surface area contributed by atoms with Gasteiger partial charge in [-0.1, -0.05) is 46.5 Å². The van der Waals surface area contributed by atoms with E-state index in [9.17, 15) is 0 Å². The summed E-state index contributed by atoms with van der Waals surface area (Å²) in [4.78, 5) is 2.50. The van der Waals surface area contributed by atoms with Crippen molar-refractivity contribution in [3.05, 3.63) is 6.42 Å². The molecule has 0 bridgehead atoms. The van der Waals surface area contributed by atoms with Crippen LogP contribution in [0.4, 0.5) is 0 Å². The maximum absolute atomic E-state index is 2.50. The molecule has 1 radical (unpaired) electrons. The van der Waals surface area contributed by atoms with Crippen LogP contribution in [0.2, 0.25) is 0 Å². The van der Waals surface area contributed by atoms with Gasteiger partial charge in [-0.2, -0.15) is 0 Å². The van der Waals surface area contributed by atoms with Crippen LogP contribution in [0.15, 0.2) is 0 Å². The van der Waals surface area contributed by atoms with Crippen LogP contribution in [0.25, 0.3) is 0 Å². The van der Waals surface area contributed by atoms with E-state index < -0.39 is 0 Å². The summed E-state index contributed by atoms with van der Waals surface area (Å²) in [6, 6.07) is 0. The summed E-state index contributed by atoms with van der Waals surface area (Å²) in [5.41, 5.74) is 0. The normalized spacial score (nSPS) is 11.1. The van der Waals surface area contributed by atoms with E-state index in [2.05, 4.69) is 32.1 Å². The minimum Gasteiger partial charge on any atom is -0.304 e. The van der Waals surface area contributed by atoms with E-state index >= 15 is 0 Å². The van der Waals surface area contributed by atoms with E-state index in [4.69, 9.17) is 0 Å². The van der Waals surface area contributed by atoms with Crippen LogP contribution in [0, 0.1) is 6.42 Å². The molecule has 0 amide bonds. The van der Waals surface area contributed by atoms with Crippen LogP contribution < -0.4 is 0 Å². The fourth-order valence-corrected chi connectivity index (χ4v) is 1.54. The second-order valence-electron chi connectivity index (χ2n) is 3.57. The zero-order valence-corrected chi connectivity index (χ0v) is 9.68. The molecule has 0 aromatic rings. The number of hydrogen-bond donors (Lipinski definition) is 0. The topological polar surface area (TPSA) is 3.24 Å². The number of nitrogens with zero attached hydrogens (tertiary/aromatic N) is 1. The SMILES string of the molecule is CC[CH]CCCCCN(CC)CC. The van der Waals surface area contributed by atoms with Crippen molar-refractivity contribution < 1.29 is 0 Å². The Balaban J connectivity index is 3.05.